The maximum absolute atomic E-state index is 12.9. The standard InChI is InChI=1S/C22H20N4O3S3/c1-14-19(21(29)26(24(14)2)15-7-4-3-5-8-15)23-18(27)10-11-25-20(28)17(32-22(25)30)13-16-9-6-12-31-16/h3-9,12-13H,10-11H2,1-2H3,(H,23,27)/b17-13-. The predicted molar refractivity (Wildman–Crippen MR) is 133 cm³/mol. The molecule has 1 aliphatic rings. The van der Waals surface area contributed by atoms with E-state index >= 15 is 0 Å². The number of para-hydroxylation sites is 1. The number of thioether (sulfide) groups is 1. The maximum atomic E-state index is 12.9. The summed E-state index contributed by atoms with van der Waals surface area (Å²) in [4.78, 5) is 41.2. The van der Waals surface area contributed by atoms with Gasteiger partial charge in [-0.1, -0.05) is 48.2 Å². The van der Waals surface area contributed by atoms with Crippen LogP contribution in [0.1, 0.15) is 17.0 Å². The van der Waals surface area contributed by atoms with E-state index in [-0.39, 0.29) is 36.0 Å². The number of nitrogens with zero attached hydrogens (tertiary/aromatic N) is 3. The lowest BCUT2D eigenvalue weighted by Crippen LogP contribution is -2.32. The van der Waals surface area contributed by atoms with Crippen molar-refractivity contribution in [2.45, 2.75) is 13.3 Å². The Hall–Kier alpha value is -2.95. The third-order valence-electron chi connectivity index (χ3n) is 5.07. The van der Waals surface area contributed by atoms with Crippen LogP contribution < -0.4 is 10.9 Å². The molecular weight excluding hydrogens is 464 g/mol. The molecule has 1 fully saturated rings. The molecule has 0 aliphatic carbocycles. The van der Waals surface area contributed by atoms with Gasteiger partial charge >= 0.3 is 0 Å². The van der Waals surface area contributed by atoms with E-state index in [0.717, 1.165) is 4.88 Å². The first kappa shape index (κ1) is 22.3. The van der Waals surface area contributed by atoms with Crippen molar-refractivity contribution in [3.63, 3.8) is 0 Å². The Balaban J connectivity index is 1.44. The number of carbonyl (C=O) groups is 2. The maximum Gasteiger partial charge on any atom is 0.295 e. The molecule has 0 radical (unpaired) electrons. The van der Waals surface area contributed by atoms with Crippen molar-refractivity contribution in [2.75, 3.05) is 11.9 Å². The first-order valence-electron chi connectivity index (χ1n) is 9.79. The number of hydrogen-bond donors (Lipinski definition) is 1. The minimum atomic E-state index is -0.354. The highest BCUT2D eigenvalue weighted by atomic mass is 32.2. The van der Waals surface area contributed by atoms with Gasteiger partial charge in [0.1, 0.15) is 10.0 Å². The molecule has 4 rings (SSSR count). The lowest BCUT2D eigenvalue weighted by molar-refractivity contribution is -0.122. The summed E-state index contributed by atoms with van der Waals surface area (Å²) in [6.45, 7) is 1.92. The molecule has 2 amide bonds. The van der Waals surface area contributed by atoms with Gasteiger partial charge in [-0.2, -0.15) is 0 Å². The summed E-state index contributed by atoms with van der Waals surface area (Å²) < 4.78 is 3.63. The SMILES string of the molecule is Cc1c(NC(=O)CCN2C(=O)/C(=C/c3cccs3)SC2=S)c(=O)n(-c2ccccc2)n1C. The number of amides is 2. The van der Waals surface area contributed by atoms with E-state index < -0.39 is 0 Å². The fraction of sp³-hybridized carbons (Fsp3) is 0.182. The van der Waals surface area contributed by atoms with Gasteiger partial charge in [0.2, 0.25) is 5.91 Å². The van der Waals surface area contributed by atoms with Gasteiger partial charge in [0.05, 0.1) is 16.3 Å². The summed E-state index contributed by atoms with van der Waals surface area (Å²) in [6.07, 6.45) is 1.83. The van der Waals surface area contributed by atoms with Crippen LogP contribution in [0.15, 0.2) is 57.5 Å². The number of rotatable bonds is 6. The molecule has 32 heavy (non-hydrogen) atoms. The third kappa shape index (κ3) is 4.34. The van der Waals surface area contributed by atoms with Gasteiger partial charge < -0.3 is 5.32 Å². The van der Waals surface area contributed by atoms with Crippen LogP contribution in [0.3, 0.4) is 0 Å². The highest BCUT2D eigenvalue weighted by Crippen LogP contribution is 2.33. The van der Waals surface area contributed by atoms with Crippen LogP contribution >= 0.6 is 35.3 Å². The largest absolute Gasteiger partial charge is 0.320 e. The van der Waals surface area contributed by atoms with E-state index in [1.54, 1.807) is 18.7 Å². The highest BCUT2D eigenvalue weighted by Gasteiger charge is 2.32. The fourth-order valence-corrected chi connectivity index (χ4v) is 5.35. The summed E-state index contributed by atoms with van der Waals surface area (Å²) in [5, 5.41) is 4.66. The van der Waals surface area contributed by atoms with E-state index in [1.165, 1.54) is 32.7 Å². The van der Waals surface area contributed by atoms with Gasteiger partial charge in [-0.05, 0) is 36.6 Å². The zero-order chi connectivity index (χ0) is 22.8. The minimum Gasteiger partial charge on any atom is -0.320 e. The average molecular weight is 485 g/mol. The van der Waals surface area contributed by atoms with Gasteiger partial charge in [0, 0.05) is 24.9 Å². The van der Waals surface area contributed by atoms with Gasteiger partial charge in [0.15, 0.2) is 0 Å². The minimum absolute atomic E-state index is 0.0256. The van der Waals surface area contributed by atoms with Gasteiger partial charge in [-0.15, -0.1) is 11.3 Å². The van der Waals surface area contributed by atoms with Crippen molar-refractivity contribution >= 4 is 63.2 Å². The fourth-order valence-electron chi connectivity index (χ4n) is 3.32. The molecule has 0 spiro atoms. The van der Waals surface area contributed by atoms with E-state index in [4.69, 9.17) is 12.2 Å². The normalized spacial score (nSPS) is 15.1. The number of hydrogen-bond acceptors (Lipinski definition) is 6. The molecule has 3 aromatic rings. The average Bonchev–Trinajstić information content (AvgIpc) is 3.44. The van der Waals surface area contributed by atoms with Crippen LogP contribution in [0.5, 0.6) is 0 Å². The first-order valence-corrected chi connectivity index (χ1v) is 11.9. The molecule has 0 unspecified atom stereocenters. The van der Waals surface area contributed by atoms with E-state index in [1.807, 2.05) is 53.9 Å². The Labute approximate surface area is 198 Å². The molecule has 1 aromatic carbocycles. The smallest absolute Gasteiger partial charge is 0.295 e. The molecule has 0 saturated carbocycles. The summed E-state index contributed by atoms with van der Waals surface area (Å²) in [7, 11) is 1.76. The monoisotopic (exact) mass is 484 g/mol. The van der Waals surface area contributed by atoms with Gasteiger partial charge in [-0.3, -0.25) is 24.0 Å². The number of thiocarbonyl (C=S) groups is 1. The second kappa shape index (κ2) is 9.27. The quantitative estimate of drug-likeness (QED) is 0.426. The molecule has 164 valence electrons. The molecule has 0 atom stereocenters. The third-order valence-corrected chi connectivity index (χ3v) is 7.27. The highest BCUT2D eigenvalue weighted by molar-refractivity contribution is 8.26. The van der Waals surface area contributed by atoms with Crippen LogP contribution in [0.4, 0.5) is 5.69 Å². The Bertz CT molecular complexity index is 1270. The Morgan fingerprint density at radius 1 is 1.16 bits per heavy atom. The molecule has 0 bridgehead atoms. The second-order valence-corrected chi connectivity index (χ2v) is 9.74. The number of anilines is 1. The van der Waals surface area contributed by atoms with Crippen LogP contribution in [-0.2, 0) is 16.6 Å². The second-order valence-electron chi connectivity index (χ2n) is 7.08. The lowest BCUT2D eigenvalue weighted by Gasteiger charge is -2.13. The van der Waals surface area contributed by atoms with E-state index in [2.05, 4.69) is 5.32 Å². The van der Waals surface area contributed by atoms with Gasteiger partial charge in [-0.25, -0.2) is 4.68 Å². The molecule has 1 saturated heterocycles. The zero-order valence-electron chi connectivity index (χ0n) is 17.4. The summed E-state index contributed by atoms with van der Waals surface area (Å²) >= 11 is 8.10. The predicted octanol–water partition coefficient (Wildman–Crippen LogP) is 3.78. The van der Waals surface area contributed by atoms with Crippen LogP contribution in [0, 0.1) is 6.92 Å². The summed E-state index contributed by atoms with van der Waals surface area (Å²) in [6, 6.07) is 13.1. The van der Waals surface area contributed by atoms with Crippen molar-refractivity contribution in [3.05, 3.63) is 73.7 Å². The molecule has 3 heterocycles. The molecular formula is C22H20N4O3S3. The van der Waals surface area contributed by atoms with Gasteiger partial charge in [0.25, 0.3) is 11.5 Å². The zero-order valence-corrected chi connectivity index (χ0v) is 19.9. The number of nitrogens with one attached hydrogen (secondary N) is 1. The Morgan fingerprint density at radius 2 is 1.91 bits per heavy atom. The van der Waals surface area contributed by atoms with Crippen molar-refractivity contribution in [1.82, 2.24) is 14.3 Å². The number of benzene rings is 1. The summed E-state index contributed by atoms with van der Waals surface area (Å²) in [5.41, 5.74) is 1.26. The first-order chi connectivity index (χ1) is 15.4. The van der Waals surface area contributed by atoms with E-state index in [9.17, 15) is 14.4 Å². The van der Waals surface area contributed by atoms with Crippen molar-refractivity contribution in [2.24, 2.45) is 7.05 Å². The number of aromatic nitrogens is 2. The molecule has 1 N–H and O–H groups in total. The lowest BCUT2D eigenvalue weighted by atomic mass is 10.3. The Morgan fingerprint density at radius 3 is 2.59 bits per heavy atom. The summed E-state index contributed by atoms with van der Waals surface area (Å²) in [5.74, 6) is -0.559. The molecule has 2 aromatic heterocycles. The number of carbonyl (C=O) groups excluding carboxylic acids is 2. The number of thiophene rings is 1. The topological polar surface area (TPSA) is 76.3 Å². The van der Waals surface area contributed by atoms with Crippen molar-refractivity contribution in [1.29, 1.82) is 0 Å². The molecule has 1 aliphatic heterocycles. The van der Waals surface area contributed by atoms with Crippen LogP contribution in [0.2, 0.25) is 0 Å². The van der Waals surface area contributed by atoms with Crippen molar-refractivity contribution < 1.29 is 9.59 Å². The van der Waals surface area contributed by atoms with Crippen molar-refractivity contribution in [3.8, 4) is 5.69 Å². The molecule has 10 heteroatoms. The van der Waals surface area contributed by atoms with Crippen LogP contribution in [-0.4, -0.2) is 36.9 Å². The van der Waals surface area contributed by atoms with E-state index in [0.29, 0.717) is 20.6 Å². The molecule has 7 nitrogen and oxygen atoms in total. The Kier molecular flexibility index (Phi) is 6.45. The van der Waals surface area contributed by atoms with Crippen LogP contribution in [0.25, 0.3) is 11.8 Å².